The van der Waals surface area contributed by atoms with Gasteiger partial charge in [0.15, 0.2) is 0 Å². The number of carbonyl (C=O) groups excluding carboxylic acids is 1. The number of amides is 1. The van der Waals surface area contributed by atoms with E-state index in [4.69, 9.17) is 0 Å². The minimum atomic E-state index is -0.968. The molecule has 3 rings (SSSR count). The van der Waals surface area contributed by atoms with Crippen LogP contribution in [0.2, 0.25) is 0 Å². The van der Waals surface area contributed by atoms with E-state index in [1.807, 2.05) is 26.8 Å². The Bertz CT molecular complexity index is 872. The molecule has 0 radical (unpaired) electrons. The van der Waals surface area contributed by atoms with Crippen LogP contribution in [0.3, 0.4) is 0 Å². The van der Waals surface area contributed by atoms with E-state index in [1.54, 1.807) is 17.2 Å². The van der Waals surface area contributed by atoms with Gasteiger partial charge in [0.25, 0.3) is 11.5 Å². The van der Waals surface area contributed by atoms with E-state index in [0.717, 1.165) is 5.56 Å². The molecule has 1 amide bonds. The molecule has 0 saturated carbocycles. The van der Waals surface area contributed by atoms with Crippen LogP contribution in [0.4, 0.5) is 0 Å². The molecule has 1 saturated heterocycles. The fourth-order valence-electron chi connectivity index (χ4n) is 2.75. The Kier molecular flexibility index (Phi) is 3.83. The van der Waals surface area contributed by atoms with Crippen LogP contribution >= 0.6 is 0 Å². The van der Waals surface area contributed by atoms with E-state index in [2.05, 4.69) is 4.98 Å². The quantitative estimate of drug-likeness (QED) is 0.780. The van der Waals surface area contributed by atoms with E-state index in [0.29, 0.717) is 24.5 Å². The predicted molar refractivity (Wildman–Crippen MR) is 89.2 cm³/mol. The lowest BCUT2D eigenvalue weighted by Gasteiger charge is -2.37. The molecule has 2 aromatic rings. The van der Waals surface area contributed by atoms with Crippen LogP contribution in [0, 0.1) is 6.92 Å². The van der Waals surface area contributed by atoms with Gasteiger partial charge in [-0.1, -0.05) is 6.07 Å². The van der Waals surface area contributed by atoms with Gasteiger partial charge in [-0.05, 0) is 32.4 Å². The van der Waals surface area contributed by atoms with Gasteiger partial charge in [0.2, 0.25) is 0 Å². The summed E-state index contributed by atoms with van der Waals surface area (Å²) in [7, 11) is -0.968. The second-order valence-corrected chi connectivity index (χ2v) is 8.65. The summed E-state index contributed by atoms with van der Waals surface area (Å²) in [5.41, 5.74) is 1.11. The molecule has 2 aromatic heterocycles. The average molecular weight is 333 g/mol. The Hall–Kier alpha value is -2.02. The maximum absolute atomic E-state index is 12.7. The molecule has 0 aliphatic carbocycles. The number of nitrogens with zero attached hydrogens (tertiary/aromatic N) is 3. The summed E-state index contributed by atoms with van der Waals surface area (Å²) in [6, 6.07) is 3.61. The van der Waals surface area contributed by atoms with Crippen molar-refractivity contribution < 1.29 is 9.00 Å². The highest BCUT2D eigenvalue weighted by Crippen LogP contribution is 2.21. The summed E-state index contributed by atoms with van der Waals surface area (Å²) in [6.07, 6.45) is 3.02. The van der Waals surface area contributed by atoms with Crippen molar-refractivity contribution in [2.24, 2.45) is 0 Å². The van der Waals surface area contributed by atoms with Gasteiger partial charge in [0.1, 0.15) is 11.2 Å². The fourth-order valence-corrected chi connectivity index (χ4v) is 3.99. The molecule has 1 atom stereocenters. The molecule has 1 aliphatic heterocycles. The number of carbonyl (C=O) groups is 1. The van der Waals surface area contributed by atoms with Gasteiger partial charge >= 0.3 is 0 Å². The van der Waals surface area contributed by atoms with Gasteiger partial charge in [-0.2, -0.15) is 0 Å². The molecule has 1 fully saturated rings. The third-order valence-corrected chi connectivity index (χ3v) is 6.02. The summed E-state index contributed by atoms with van der Waals surface area (Å²) < 4.78 is 12.9. The zero-order valence-electron chi connectivity index (χ0n) is 13.4. The van der Waals surface area contributed by atoms with Crippen molar-refractivity contribution in [1.29, 1.82) is 0 Å². The van der Waals surface area contributed by atoms with Crippen molar-refractivity contribution in [2.75, 3.05) is 18.8 Å². The minimum Gasteiger partial charge on any atom is -0.336 e. The van der Waals surface area contributed by atoms with E-state index in [9.17, 15) is 13.8 Å². The lowest BCUT2D eigenvalue weighted by atomic mass is 10.1. The van der Waals surface area contributed by atoms with Crippen LogP contribution in [-0.4, -0.2) is 48.0 Å². The molecule has 122 valence electrons. The fraction of sp³-hybridized carbons (Fsp3) is 0.438. The summed E-state index contributed by atoms with van der Waals surface area (Å²) in [5, 5.41) is 0. The smallest absolute Gasteiger partial charge is 0.270 e. The number of hydrogen-bond donors (Lipinski definition) is 0. The van der Waals surface area contributed by atoms with Crippen LogP contribution in [-0.2, 0) is 10.8 Å². The Morgan fingerprint density at radius 1 is 1.35 bits per heavy atom. The Labute approximate surface area is 136 Å². The van der Waals surface area contributed by atoms with Gasteiger partial charge in [-0.25, -0.2) is 4.98 Å². The van der Waals surface area contributed by atoms with Gasteiger partial charge in [0.05, 0.1) is 4.75 Å². The predicted octanol–water partition coefficient (Wildman–Crippen LogP) is 0.986. The summed E-state index contributed by atoms with van der Waals surface area (Å²) in [4.78, 5) is 31.1. The Morgan fingerprint density at radius 2 is 2.09 bits per heavy atom. The van der Waals surface area contributed by atoms with Gasteiger partial charge in [-0.3, -0.25) is 18.2 Å². The molecule has 3 heterocycles. The first-order chi connectivity index (χ1) is 10.8. The number of fused-ring (bicyclic) bond motifs is 1. The Balaban J connectivity index is 2.00. The van der Waals surface area contributed by atoms with Crippen LogP contribution in [0.25, 0.3) is 5.65 Å². The SMILES string of the molecule is Cc1ccc2ncc(C(=O)N3CC[S@@](=O)C(C)(C)C3)c(=O)n2c1. The lowest BCUT2D eigenvalue weighted by molar-refractivity contribution is 0.0743. The lowest BCUT2D eigenvalue weighted by Crippen LogP contribution is -2.52. The van der Waals surface area contributed by atoms with E-state index < -0.39 is 15.5 Å². The molecule has 0 bridgehead atoms. The van der Waals surface area contributed by atoms with Gasteiger partial charge in [0, 0.05) is 42.0 Å². The van der Waals surface area contributed by atoms with E-state index >= 15 is 0 Å². The minimum absolute atomic E-state index is 0.0524. The average Bonchev–Trinajstić information content (AvgIpc) is 2.50. The topological polar surface area (TPSA) is 71.8 Å². The van der Waals surface area contributed by atoms with Crippen molar-refractivity contribution in [3.05, 3.63) is 46.0 Å². The van der Waals surface area contributed by atoms with Crippen molar-refractivity contribution in [1.82, 2.24) is 14.3 Å². The maximum Gasteiger partial charge on any atom is 0.270 e. The second-order valence-electron chi connectivity index (χ2n) is 6.45. The molecule has 7 heteroatoms. The summed E-state index contributed by atoms with van der Waals surface area (Å²) in [6.45, 7) is 6.39. The standard InChI is InChI=1S/C16H19N3O3S/c1-11-4-5-13-17-8-12(15(21)19(13)9-11)14(20)18-6-7-23(22)16(2,3)10-18/h4-5,8-9H,6-7,10H2,1-3H3/t23-/m1/s1. The zero-order chi connectivity index (χ0) is 16.8. The monoisotopic (exact) mass is 333 g/mol. The molecule has 6 nitrogen and oxygen atoms in total. The molecule has 1 aliphatic rings. The van der Waals surface area contributed by atoms with E-state index in [-0.39, 0.29) is 17.0 Å². The highest BCUT2D eigenvalue weighted by molar-refractivity contribution is 7.86. The van der Waals surface area contributed by atoms with E-state index in [1.165, 1.54) is 10.6 Å². The summed E-state index contributed by atoms with van der Waals surface area (Å²) >= 11 is 0. The molecular weight excluding hydrogens is 314 g/mol. The highest BCUT2D eigenvalue weighted by atomic mass is 32.2. The van der Waals surface area contributed by atoms with Crippen LogP contribution in [0.5, 0.6) is 0 Å². The van der Waals surface area contributed by atoms with Gasteiger partial charge in [-0.15, -0.1) is 0 Å². The van der Waals surface area contributed by atoms with Crippen LogP contribution in [0.1, 0.15) is 29.8 Å². The summed E-state index contributed by atoms with van der Waals surface area (Å²) in [5.74, 6) is 0.0865. The first-order valence-corrected chi connectivity index (χ1v) is 8.77. The number of rotatable bonds is 1. The highest BCUT2D eigenvalue weighted by Gasteiger charge is 2.36. The number of hydrogen-bond acceptors (Lipinski definition) is 4. The molecule has 23 heavy (non-hydrogen) atoms. The molecule has 0 aromatic carbocycles. The normalized spacial score (nSPS) is 20.7. The van der Waals surface area contributed by atoms with Crippen LogP contribution < -0.4 is 5.56 Å². The third-order valence-electron chi connectivity index (χ3n) is 4.10. The van der Waals surface area contributed by atoms with Crippen molar-refractivity contribution in [2.45, 2.75) is 25.5 Å². The number of aryl methyl sites for hydroxylation is 1. The second kappa shape index (κ2) is 5.56. The van der Waals surface area contributed by atoms with Crippen molar-refractivity contribution in [3.63, 3.8) is 0 Å². The molecule has 0 N–H and O–H groups in total. The first kappa shape index (κ1) is 15.9. The molecule has 0 spiro atoms. The van der Waals surface area contributed by atoms with Crippen molar-refractivity contribution in [3.8, 4) is 0 Å². The first-order valence-electron chi connectivity index (χ1n) is 7.45. The number of pyridine rings is 1. The van der Waals surface area contributed by atoms with Crippen LogP contribution in [0.15, 0.2) is 29.3 Å². The van der Waals surface area contributed by atoms with Gasteiger partial charge < -0.3 is 4.90 Å². The molecular formula is C16H19N3O3S. The van der Waals surface area contributed by atoms with Crippen molar-refractivity contribution >= 4 is 22.4 Å². The third kappa shape index (κ3) is 2.81. The Morgan fingerprint density at radius 3 is 2.78 bits per heavy atom. The zero-order valence-corrected chi connectivity index (χ0v) is 14.2. The number of aromatic nitrogens is 2. The molecule has 0 unspecified atom stereocenters. The largest absolute Gasteiger partial charge is 0.336 e. The maximum atomic E-state index is 12.7.